The molecule has 0 atom stereocenters. The van der Waals surface area contributed by atoms with Gasteiger partial charge in [-0.05, 0) is 25.3 Å². The van der Waals surface area contributed by atoms with Gasteiger partial charge in [-0.25, -0.2) is 4.79 Å². The second kappa shape index (κ2) is 7.59. The van der Waals surface area contributed by atoms with E-state index in [0.29, 0.717) is 6.54 Å². The topological polar surface area (TPSA) is 101 Å². The summed E-state index contributed by atoms with van der Waals surface area (Å²) in [6.07, 6.45) is 3.70. The van der Waals surface area contributed by atoms with Crippen molar-refractivity contribution in [3.63, 3.8) is 0 Å². The lowest BCUT2D eigenvalue weighted by Gasteiger charge is -2.25. The number of aromatic nitrogens is 2. The zero-order valence-electron chi connectivity index (χ0n) is 14.9. The quantitative estimate of drug-likeness (QED) is 0.851. The van der Waals surface area contributed by atoms with E-state index in [1.165, 1.54) is 9.47 Å². The molecule has 0 radical (unpaired) electrons. The zero-order valence-corrected chi connectivity index (χ0v) is 14.9. The maximum absolute atomic E-state index is 12.9. The fraction of sp³-hybridized carbons (Fsp3) is 0.421. The Kier molecular flexibility index (Phi) is 5.25. The van der Waals surface area contributed by atoms with Crippen molar-refractivity contribution in [2.75, 3.05) is 17.2 Å². The van der Waals surface area contributed by atoms with Crippen molar-refractivity contribution in [2.24, 2.45) is 5.92 Å². The lowest BCUT2D eigenvalue weighted by molar-refractivity contribution is -0.122. The standard InChI is InChI=1S/C19H24N4O3/c1-2-22(18(25)14-10-6-7-11-14)15-16(20)23(19(26)21-17(15)24)12-13-8-4-3-5-9-13/h3-5,8-9,14H,2,6-7,10-12,20H2,1H3,(H,21,24,26). The number of nitrogens with two attached hydrogens (primary N) is 1. The Bertz CT molecular complexity index is 895. The second-order valence-corrected chi connectivity index (χ2v) is 6.63. The smallest absolute Gasteiger partial charge is 0.330 e. The molecule has 1 aliphatic carbocycles. The van der Waals surface area contributed by atoms with Crippen LogP contribution in [0.2, 0.25) is 0 Å². The van der Waals surface area contributed by atoms with E-state index in [1.54, 1.807) is 6.92 Å². The van der Waals surface area contributed by atoms with Gasteiger partial charge in [-0.15, -0.1) is 0 Å². The summed E-state index contributed by atoms with van der Waals surface area (Å²) in [5.41, 5.74) is 5.94. The van der Waals surface area contributed by atoms with Crippen molar-refractivity contribution >= 4 is 17.4 Å². The number of hydrogen-bond donors (Lipinski definition) is 2. The Morgan fingerprint density at radius 2 is 1.88 bits per heavy atom. The molecule has 1 aromatic carbocycles. The largest absolute Gasteiger partial charge is 0.383 e. The molecule has 3 N–H and O–H groups in total. The van der Waals surface area contributed by atoms with Crippen molar-refractivity contribution in [3.8, 4) is 0 Å². The lowest BCUT2D eigenvalue weighted by Crippen LogP contribution is -2.43. The molecule has 0 spiro atoms. The summed E-state index contributed by atoms with van der Waals surface area (Å²) < 4.78 is 1.30. The number of carbonyl (C=O) groups excluding carboxylic acids is 1. The number of carbonyl (C=O) groups is 1. The highest BCUT2D eigenvalue weighted by atomic mass is 16.2. The van der Waals surface area contributed by atoms with Crippen LogP contribution in [-0.2, 0) is 11.3 Å². The summed E-state index contributed by atoms with van der Waals surface area (Å²) in [5.74, 6) is -0.147. The number of benzene rings is 1. The number of nitrogens with zero attached hydrogens (tertiary/aromatic N) is 2. The van der Waals surface area contributed by atoms with Crippen LogP contribution in [-0.4, -0.2) is 22.0 Å². The summed E-state index contributed by atoms with van der Waals surface area (Å²) >= 11 is 0. The minimum atomic E-state index is -0.620. The van der Waals surface area contributed by atoms with E-state index in [-0.39, 0.29) is 29.9 Å². The number of rotatable bonds is 5. The van der Waals surface area contributed by atoms with Gasteiger partial charge < -0.3 is 10.6 Å². The lowest BCUT2D eigenvalue weighted by atomic mass is 10.1. The molecule has 1 aromatic heterocycles. The molecule has 0 bridgehead atoms. The van der Waals surface area contributed by atoms with Crippen LogP contribution in [0.25, 0.3) is 0 Å². The molecule has 0 aliphatic heterocycles. The first-order valence-electron chi connectivity index (χ1n) is 9.00. The Morgan fingerprint density at radius 3 is 2.50 bits per heavy atom. The molecule has 3 rings (SSSR count). The van der Waals surface area contributed by atoms with Crippen LogP contribution in [0, 0.1) is 5.92 Å². The highest BCUT2D eigenvalue weighted by Gasteiger charge is 2.30. The molecule has 1 amide bonds. The van der Waals surface area contributed by atoms with Gasteiger partial charge in [-0.2, -0.15) is 0 Å². The molecule has 2 aromatic rings. The van der Waals surface area contributed by atoms with Gasteiger partial charge in [0.05, 0.1) is 6.54 Å². The van der Waals surface area contributed by atoms with Crippen molar-refractivity contribution < 1.29 is 4.79 Å². The Labute approximate surface area is 151 Å². The predicted octanol–water partition coefficient (Wildman–Crippen LogP) is 1.71. The Hall–Kier alpha value is -2.83. The maximum Gasteiger partial charge on any atom is 0.330 e. The molecule has 138 valence electrons. The van der Waals surface area contributed by atoms with E-state index in [4.69, 9.17) is 5.73 Å². The van der Waals surface area contributed by atoms with Crippen molar-refractivity contribution in [1.82, 2.24) is 9.55 Å². The number of nitrogens with one attached hydrogen (secondary N) is 1. The maximum atomic E-state index is 12.9. The molecule has 0 unspecified atom stereocenters. The average molecular weight is 356 g/mol. The first kappa shape index (κ1) is 18.0. The van der Waals surface area contributed by atoms with Gasteiger partial charge in [0.2, 0.25) is 5.91 Å². The van der Waals surface area contributed by atoms with Gasteiger partial charge in [0.1, 0.15) is 5.82 Å². The molecule has 0 saturated heterocycles. The number of amides is 1. The van der Waals surface area contributed by atoms with Crippen LogP contribution < -0.4 is 21.9 Å². The molecule has 1 heterocycles. The minimum Gasteiger partial charge on any atom is -0.383 e. The van der Waals surface area contributed by atoms with Crippen molar-refractivity contribution in [3.05, 3.63) is 56.7 Å². The summed E-state index contributed by atoms with van der Waals surface area (Å²) in [6, 6.07) is 9.36. The van der Waals surface area contributed by atoms with Crippen molar-refractivity contribution in [1.29, 1.82) is 0 Å². The van der Waals surface area contributed by atoms with Gasteiger partial charge in [-0.3, -0.25) is 19.1 Å². The highest BCUT2D eigenvalue weighted by molar-refractivity contribution is 5.97. The monoisotopic (exact) mass is 356 g/mol. The molecular weight excluding hydrogens is 332 g/mol. The molecule has 1 aliphatic rings. The number of aromatic amines is 1. The number of nitrogen functional groups attached to an aromatic ring is 1. The number of H-pyrrole nitrogens is 1. The third-order valence-electron chi connectivity index (χ3n) is 4.95. The van der Waals surface area contributed by atoms with E-state index in [1.807, 2.05) is 30.3 Å². The molecule has 7 nitrogen and oxygen atoms in total. The summed E-state index contributed by atoms with van der Waals surface area (Å²) in [5, 5.41) is 0. The van der Waals surface area contributed by atoms with Gasteiger partial charge in [0, 0.05) is 12.5 Å². The molecular formula is C19H24N4O3. The van der Waals surface area contributed by atoms with E-state index in [9.17, 15) is 14.4 Å². The van der Waals surface area contributed by atoms with E-state index in [2.05, 4.69) is 4.98 Å². The first-order chi connectivity index (χ1) is 12.5. The van der Waals surface area contributed by atoms with Crippen LogP contribution in [0.1, 0.15) is 38.2 Å². The fourth-order valence-corrected chi connectivity index (χ4v) is 3.58. The molecule has 7 heteroatoms. The van der Waals surface area contributed by atoms with Crippen LogP contribution in [0.4, 0.5) is 11.5 Å². The molecule has 26 heavy (non-hydrogen) atoms. The van der Waals surface area contributed by atoms with E-state index >= 15 is 0 Å². The summed E-state index contributed by atoms with van der Waals surface area (Å²) in [4.78, 5) is 41.3. The average Bonchev–Trinajstić information content (AvgIpc) is 3.17. The normalized spacial score (nSPS) is 14.5. The zero-order chi connectivity index (χ0) is 18.7. The SMILES string of the molecule is CCN(C(=O)C1CCCC1)c1c(N)n(Cc2ccccc2)c(=O)[nH]c1=O. The number of anilines is 2. The van der Waals surface area contributed by atoms with Crippen LogP contribution >= 0.6 is 0 Å². The van der Waals surface area contributed by atoms with Gasteiger partial charge in [0.15, 0.2) is 5.69 Å². The minimum absolute atomic E-state index is 0.0239. The number of hydrogen-bond acceptors (Lipinski definition) is 4. The van der Waals surface area contributed by atoms with Crippen molar-refractivity contribution in [2.45, 2.75) is 39.2 Å². The van der Waals surface area contributed by atoms with Crippen LogP contribution in [0.15, 0.2) is 39.9 Å². The van der Waals surface area contributed by atoms with Gasteiger partial charge in [-0.1, -0.05) is 43.2 Å². The first-order valence-corrected chi connectivity index (χ1v) is 9.00. The van der Waals surface area contributed by atoms with E-state index < -0.39 is 11.2 Å². The third-order valence-corrected chi connectivity index (χ3v) is 4.95. The van der Waals surface area contributed by atoms with E-state index in [0.717, 1.165) is 31.2 Å². The summed E-state index contributed by atoms with van der Waals surface area (Å²) in [7, 11) is 0. The molecule has 1 fully saturated rings. The van der Waals surface area contributed by atoms with Gasteiger partial charge >= 0.3 is 5.69 Å². The van der Waals surface area contributed by atoms with Crippen LogP contribution in [0.3, 0.4) is 0 Å². The third kappa shape index (κ3) is 3.42. The summed E-state index contributed by atoms with van der Waals surface area (Å²) in [6.45, 7) is 2.36. The Balaban J connectivity index is 2.03. The Morgan fingerprint density at radius 1 is 1.23 bits per heavy atom. The van der Waals surface area contributed by atoms with Gasteiger partial charge in [0.25, 0.3) is 5.56 Å². The molecule has 1 saturated carbocycles. The predicted molar refractivity (Wildman–Crippen MR) is 101 cm³/mol. The highest BCUT2D eigenvalue weighted by Crippen LogP contribution is 2.29. The fourth-order valence-electron chi connectivity index (χ4n) is 3.58. The second-order valence-electron chi connectivity index (χ2n) is 6.63. The van der Waals surface area contributed by atoms with Crippen LogP contribution in [0.5, 0.6) is 0 Å².